The summed E-state index contributed by atoms with van der Waals surface area (Å²) in [7, 11) is -8.29. The smallest absolute Gasteiger partial charge is 0.303 e. The summed E-state index contributed by atoms with van der Waals surface area (Å²) in [5.74, 6) is 0. The van der Waals surface area contributed by atoms with Crippen molar-refractivity contribution in [3.05, 3.63) is 71.8 Å². The van der Waals surface area contributed by atoms with Gasteiger partial charge in [-0.25, -0.2) is 0 Å². The van der Waals surface area contributed by atoms with Gasteiger partial charge in [-0.15, -0.1) is 0 Å². The molecule has 0 fully saturated rings. The molecule has 30 heavy (non-hydrogen) atoms. The minimum atomic E-state index is -4.15. The maximum absolute atomic E-state index is 12.9. The fraction of sp³-hybridized carbons (Fsp3) is 0.300. The van der Waals surface area contributed by atoms with Crippen molar-refractivity contribution >= 4 is 26.2 Å². The van der Waals surface area contributed by atoms with Gasteiger partial charge in [-0.3, -0.25) is 18.7 Å². The van der Waals surface area contributed by atoms with E-state index in [1.54, 1.807) is 50.2 Å². The van der Waals surface area contributed by atoms with Crippen molar-refractivity contribution in [3.8, 4) is 0 Å². The predicted molar refractivity (Wildman–Crippen MR) is 112 cm³/mol. The molecular weight excluding hydrogens is 430 g/mol. The molecule has 0 heterocycles. The predicted octanol–water partition coefficient (Wildman–Crippen LogP) is 5.16. The average Bonchev–Trinajstić information content (AvgIpc) is 2.77. The molecule has 2 aromatic rings. The van der Waals surface area contributed by atoms with Gasteiger partial charge in [-0.2, -0.15) is 0 Å². The van der Waals surface area contributed by atoms with Crippen LogP contribution in [-0.4, -0.2) is 37.5 Å². The lowest BCUT2D eigenvalue weighted by atomic mass is 10.2. The lowest BCUT2D eigenvalue weighted by molar-refractivity contribution is 0.0941. The second-order valence-corrected chi connectivity index (χ2v) is 9.67. The number of benzene rings is 2. The molecule has 8 nitrogen and oxygen atoms in total. The van der Waals surface area contributed by atoms with Gasteiger partial charge >= 0.3 is 15.2 Å². The van der Waals surface area contributed by atoms with Gasteiger partial charge in [0, 0.05) is 11.1 Å². The van der Waals surface area contributed by atoms with Crippen LogP contribution in [0.1, 0.15) is 34.6 Å². The van der Waals surface area contributed by atoms with Crippen LogP contribution >= 0.6 is 15.2 Å². The fourth-order valence-corrected chi connectivity index (χ4v) is 5.30. The van der Waals surface area contributed by atoms with Crippen molar-refractivity contribution in [2.75, 3.05) is 26.4 Å². The Hall–Kier alpha value is -1.92. The van der Waals surface area contributed by atoms with Gasteiger partial charge in [-0.1, -0.05) is 60.7 Å². The summed E-state index contributed by atoms with van der Waals surface area (Å²) in [6, 6.07) is 15.9. The number of rotatable bonds is 13. The van der Waals surface area contributed by atoms with E-state index in [1.807, 2.05) is 0 Å². The fourth-order valence-electron chi connectivity index (χ4n) is 2.44. The standard InChI is InChI=1S/C20H24O8P2/c1-3-25-29(23,19(21)17-11-7-5-8-12-17)27-15-16-28-30(24,26-4-2)20(22)18-13-9-6-10-14-18/h5-14H,3-4,15-16H2,1-2H3. The Kier molecular flexibility index (Phi) is 9.31. The largest absolute Gasteiger partial charge is 0.401 e. The normalized spacial score (nSPS) is 15.1. The Morgan fingerprint density at radius 2 is 0.967 bits per heavy atom. The topological polar surface area (TPSA) is 105 Å². The Morgan fingerprint density at radius 3 is 1.27 bits per heavy atom. The lowest BCUT2D eigenvalue weighted by Gasteiger charge is -2.19. The van der Waals surface area contributed by atoms with Gasteiger partial charge in [0.25, 0.3) is 11.0 Å². The first-order valence-corrected chi connectivity index (χ1v) is 12.4. The van der Waals surface area contributed by atoms with Crippen molar-refractivity contribution in [2.24, 2.45) is 0 Å². The molecule has 0 bridgehead atoms. The first-order valence-electron chi connectivity index (χ1n) is 9.34. The first kappa shape index (κ1) is 24.4. The van der Waals surface area contributed by atoms with E-state index < -0.39 is 39.5 Å². The number of hydrogen-bond donors (Lipinski definition) is 0. The van der Waals surface area contributed by atoms with Gasteiger partial charge in [0.2, 0.25) is 0 Å². The van der Waals surface area contributed by atoms with Crippen LogP contribution < -0.4 is 0 Å². The summed E-state index contributed by atoms with van der Waals surface area (Å²) in [6.45, 7) is 2.34. The molecular formula is C20H24O8P2. The zero-order valence-corrected chi connectivity index (χ0v) is 18.6. The first-order chi connectivity index (χ1) is 14.4. The molecule has 0 radical (unpaired) electrons. The van der Waals surface area contributed by atoms with E-state index in [-0.39, 0.29) is 24.3 Å². The van der Waals surface area contributed by atoms with Crippen LogP contribution in [-0.2, 0) is 27.2 Å². The minimum absolute atomic E-state index is 0.0133. The van der Waals surface area contributed by atoms with Crippen LogP contribution in [0.25, 0.3) is 0 Å². The zero-order valence-electron chi connectivity index (χ0n) is 16.8. The van der Waals surface area contributed by atoms with Gasteiger partial charge < -0.3 is 18.1 Å². The monoisotopic (exact) mass is 454 g/mol. The minimum Gasteiger partial charge on any atom is -0.303 e. The Labute approximate surface area is 175 Å². The third-order valence-corrected chi connectivity index (χ3v) is 7.50. The Balaban J connectivity index is 2.05. The van der Waals surface area contributed by atoms with E-state index in [0.29, 0.717) is 0 Å². The average molecular weight is 454 g/mol. The van der Waals surface area contributed by atoms with Crippen LogP contribution in [0, 0.1) is 0 Å². The van der Waals surface area contributed by atoms with Crippen LogP contribution in [0.5, 0.6) is 0 Å². The molecule has 162 valence electrons. The van der Waals surface area contributed by atoms with Crippen molar-refractivity contribution in [1.29, 1.82) is 0 Å². The summed E-state index contributed by atoms with van der Waals surface area (Å²) in [5, 5.41) is 0. The van der Waals surface area contributed by atoms with Gasteiger partial charge in [-0.05, 0) is 13.8 Å². The molecule has 0 amide bonds. The zero-order chi connectivity index (χ0) is 22.0. The number of carbonyl (C=O) groups is 2. The second kappa shape index (κ2) is 11.5. The Morgan fingerprint density at radius 1 is 0.633 bits per heavy atom. The van der Waals surface area contributed by atoms with Gasteiger partial charge in [0.15, 0.2) is 0 Å². The van der Waals surface area contributed by atoms with Crippen molar-refractivity contribution < 1.29 is 36.8 Å². The van der Waals surface area contributed by atoms with Gasteiger partial charge in [0.1, 0.15) is 0 Å². The molecule has 0 aliphatic rings. The summed E-state index contributed by atoms with van der Waals surface area (Å²) in [4.78, 5) is 25.1. The molecule has 0 aliphatic carbocycles. The summed E-state index contributed by atoms with van der Waals surface area (Å²) in [5.41, 5.74) is -1.24. The van der Waals surface area contributed by atoms with Gasteiger partial charge in [0.05, 0.1) is 26.4 Å². The third-order valence-electron chi connectivity index (χ3n) is 3.74. The molecule has 2 unspecified atom stereocenters. The molecule has 0 aromatic heterocycles. The SMILES string of the molecule is CCOP(=O)(OCCOP(=O)(OCC)C(=O)c1ccccc1)C(=O)c1ccccc1. The summed E-state index contributed by atoms with van der Waals surface area (Å²) in [6.07, 6.45) is 0. The van der Waals surface area contributed by atoms with Crippen LogP contribution in [0.2, 0.25) is 0 Å². The molecule has 0 spiro atoms. The highest BCUT2D eigenvalue weighted by atomic mass is 31.2. The van der Waals surface area contributed by atoms with E-state index in [1.165, 1.54) is 24.3 Å². The maximum atomic E-state index is 12.9. The van der Waals surface area contributed by atoms with Crippen molar-refractivity contribution in [2.45, 2.75) is 13.8 Å². The van der Waals surface area contributed by atoms with E-state index in [4.69, 9.17) is 18.1 Å². The molecule has 0 N–H and O–H groups in total. The highest BCUT2D eigenvalue weighted by molar-refractivity contribution is 7.73. The second-order valence-electron chi connectivity index (χ2n) is 5.84. The molecule has 10 heteroatoms. The van der Waals surface area contributed by atoms with E-state index in [9.17, 15) is 18.7 Å². The highest BCUT2D eigenvalue weighted by Crippen LogP contribution is 2.53. The molecule has 2 aromatic carbocycles. The molecule has 2 rings (SSSR count). The van der Waals surface area contributed by atoms with E-state index >= 15 is 0 Å². The molecule has 0 saturated heterocycles. The maximum Gasteiger partial charge on any atom is 0.401 e. The quantitative estimate of drug-likeness (QED) is 0.302. The lowest BCUT2D eigenvalue weighted by Crippen LogP contribution is -2.13. The number of carbonyl (C=O) groups excluding carboxylic acids is 2. The number of hydrogen-bond acceptors (Lipinski definition) is 8. The van der Waals surface area contributed by atoms with Crippen molar-refractivity contribution in [1.82, 2.24) is 0 Å². The Bertz CT molecular complexity index is 853. The van der Waals surface area contributed by atoms with Crippen LogP contribution in [0.15, 0.2) is 60.7 Å². The van der Waals surface area contributed by atoms with E-state index in [0.717, 1.165) is 0 Å². The van der Waals surface area contributed by atoms with Crippen molar-refractivity contribution in [3.63, 3.8) is 0 Å². The summed E-state index contributed by atoms with van der Waals surface area (Å²) >= 11 is 0. The van der Waals surface area contributed by atoms with Crippen LogP contribution in [0.4, 0.5) is 0 Å². The molecule has 0 saturated carbocycles. The molecule has 0 aliphatic heterocycles. The highest BCUT2D eigenvalue weighted by Gasteiger charge is 2.38. The molecule has 2 atom stereocenters. The summed E-state index contributed by atoms with van der Waals surface area (Å²) < 4.78 is 46.4. The third kappa shape index (κ3) is 6.29. The van der Waals surface area contributed by atoms with Crippen LogP contribution in [0.3, 0.4) is 0 Å². The van der Waals surface area contributed by atoms with E-state index in [2.05, 4.69) is 0 Å².